The number of aliphatic hydroxyl groups is 1. The van der Waals surface area contributed by atoms with Crippen LogP contribution in [0.2, 0.25) is 10.0 Å². The van der Waals surface area contributed by atoms with E-state index < -0.39 is 23.8 Å². The van der Waals surface area contributed by atoms with Crippen LogP contribution in [0.5, 0.6) is 5.75 Å². The second-order valence-corrected chi connectivity index (χ2v) is 4.52. The fraction of sp³-hybridized carbons (Fsp3) is 0.455. The van der Waals surface area contributed by atoms with Crippen molar-refractivity contribution in [2.75, 3.05) is 7.11 Å². The predicted molar refractivity (Wildman–Crippen MR) is 63.3 cm³/mol. The third-order valence-corrected chi connectivity index (χ3v) is 3.14. The normalized spacial score (nSPS) is 15.3. The summed E-state index contributed by atoms with van der Waals surface area (Å²) in [7, 11) is 1.17. The van der Waals surface area contributed by atoms with Gasteiger partial charge in [-0.1, -0.05) is 30.1 Å². The molecule has 0 bridgehead atoms. The number of benzene rings is 1. The lowest BCUT2D eigenvalue weighted by molar-refractivity contribution is -0.268. The van der Waals surface area contributed by atoms with E-state index in [1.165, 1.54) is 20.1 Å². The number of halogens is 5. The Morgan fingerprint density at radius 1 is 1.28 bits per heavy atom. The summed E-state index contributed by atoms with van der Waals surface area (Å²) in [5, 5.41) is 9.77. The molecule has 0 heterocycles. The zero-order valence-electron chi connectivity index (χ0n) is 9.61. The van der Waals surface area contributed by atoms with Gasteiger partial charge in [0.2, 0.25) is 0 Å². The van der Waals surface area contributed by atoms with Crippen LogP contribution in [-0.2, 0) is 5.60 Å². The molecule has 1 rings (SSSR count). The summed E-state index contributed by atoms with van der Waals surface area (Å²) >= 11 is 11.4. The van der Waals surface area contributed by atoms with Crippen LogP contribution in [-0.4, -0.2) is 18.4 Å². The quantitative estimate of drug-likeness (QED) is 0.908. The molecule has 0 fully saturated rings. The van der Waals surface area contributed by atoms with E-state index in [0.29, 0.717) is 0 Å². The van der Waals surface area contributed by atoms with E-state index in [2.05, 4.69) is 0 Å². The fourth-order valence-electron chi connectivity index (χ4n) is 1.62. The van der Waals surface area contributed by atoms with E-state index in [1.54, 1.807) is 0 Å². The summed E-state index contributed by atoms with van der Waals surface area (Å²) in [6.45, 7) is 1.21. The van der Waals surface area contributed by atoms with Crippen molar-refractivity contribution in [2.45, 2.75) is 25.1 Å². The molecule has 0 radical (unpaired) electrons. The molecule has 0 aliphatic heterocycles. The summed E-state index contributed by atoms with van der Waals surface area (Å²) in [6, 6.07) is 2.25. The number of hydrogen-bond donors (Lipinski definition) is 1. The van der Waals surface area contributed by atoms with Crippen molar-refractivity contribution in [3.8, 4) is 5.75 Å². The molecule has 0 saturated heterocycles. The van der Waals surface area contributed by atoms with Gasteiger partial charge in [-0.15, -0.1) is 0 Å². The molecule has 1 unspecified atom stereocenters. The Hall–Kier alpha value is -0.650. The van der Waals surface area contributed by atoms with Crippen LogP contribution in [0.4, 0.5) is 13.2 Å². The Morgan fingerprint density at radius 2 is 1.83 bits per heavy atom. The lowest BCUT2D eigenvalue weighted by Crippen LogP contribution is -2.42. The molecule has 102 valence electrons. The van der Waals surface area contributed by atoms with Gasteiger partial charge in [-0.2, -0.15) is 13.2 Å². The Morgan fingerprint density at radius 3 is 2.22 bits per heavy atom. The molecule has 0 saturated carbocycles. The maximum absolute atomic E-state index is 13.0. The van der Waals surface area contributed by atoms with Gasteiger partial charge in [-0.3, -0.25) is 0 Å². The molecular formula is C11H11Cl2F3O2. The molecule has 2 nitrogen and oxygen atoms in total. The molecule has 1 aromatic carbocycles. The first-order valence-corrected chi connectivity index (χ1v) is 5.75. The van der Waals surface area contributed by atoms with Crippen molar-refractivity contribution in [3.63, 3.8) is 0 Å². The second kappa shape index (κ2) is 5.15. The predicted octanol–water partition coefficient (Wildman–Crippen LogP) is 4.16. The lowest BCUT2D eigenvalue weighted by Gasteiger charge is -2.31. The maximum atomic E-state index is 13.0. The van der Waals surface area contributed by atoms with Crippen molar-refractivity contribution in [3.05, 3.63) is 27.7 Å². The molecule has 0 amide bonds. The van der Waals surface area contributed by atoms with Gasteiger partial charge in [0, 0.05) is 10.6 Å². The van der Waals surface area contributed by atoms with E-state index in [4.69, 9.17) is 27.9 Å². The van der Waals surface area contributed by atoms with E-state index >= 15 is 0 Å². The summed E-state index contributed by atoms with van der Waals surface area (Å²) in [4.78, 5) is 0. The number of alkyl halides is 3. The van der Waals surface area contributed by atoms with E-state index in [9.17, 15) is 18.3 Å². The van der Waals surface area contributed by atoms with Crippen molar-refractivity contribution < 1.29 is 23.0 Å². The molecule has 18 heavy (non-hydrogen) atoms. The standard InChI is InChI=1S/C11H11Cl2F3O2/c1-3-10(17,11(14,15)16)7-4-6(12)5-8(13)9(7)18-2/h4-5,17H,3H2,1-2H3. The average Bonchev–Trinajstić information content (AvgIpc) is 2.25. The zero-order chi connectivity index (χ0) is 14.1. The first-order chi connectivity index (χ1) is 8.17. The van der Waals surface area contributed by atoms with Crippen LogP contribution in [0, 0.1) is 0 Å². The van der Waals surface area contributed by atoms with E-state index in [-0.39, 0.29) is 15.8 Å². The number of methoxy groups -OCH3 is 1. The van der Waals surface area contributed by atoms with Crippen LogP contribution in [0.15, 0.2) is 12.1 Å². The minimum atomic E-state index is -4.86. The highest BCUT2D eigenvalue weighted by Crippen LogP contribution is 2.47. The van der Waals surface area contributed by atoms with Crippen molar-refractivity contribution in [1.29, 1.82) is 0 Å². The highest BCUT2D eigenvalue weighted by atomic mass is 35.5. The lowest BCUT2D eigenvalue weighted by atomic mass is 9.89. The van der Waals surface area contributed by atoms with Crippen LogP contribution in [0.1, 0.15) is 18.9 Å². The summed E-state index contributed by atoms with van der Waals surface area (Å²) in [6.07, 6.45) is -5.44. The average molecular weight is 303 g/mol. The molecule has 7 heteroatoms. The fourth-order valence-corrected chi connectivity index (χ4v) is 2.19. The monoisotopic (exact) mass is 302 g/mol. The van der Waals surface area contributed by atoms with Gasteiger partial charge in [0.1, 0.15) is 5.75 Å². The molecule has 0 aliphatic carbocycles. The van der Waals surface area contributed by atoms with Gasteiger partial charge in [0.25, 0.3) is 0 Å². The third kappa shape index (κ3) is 2.53. The van der Waals surface area contributed by atoms with Gasteiger partial charge in [0.15, 0.2) is 5.60 Å². The molecule has 1 N–H and O–H groups in total. The molecular weight excluding hydrogens is 292 g/mol. The van der Waals surface area contributed by atoms with Gasteiger partial charge in [0.05, 0.1) is 12.1 Å². The van der Waals surface area contributed by atoms with E-state index in [1.807, 2.05) is 0 Å². The zero-order valence-corrected chi connectivity index (χ0v) is 11.1. The van der Waals surface area contributed by atoms with Gasteiger partial charge in [-0.05, 0) is 18.6 Å². The Kier molecular flexibility index (Phi) is 4.41. The summed E-state index contributed by atoms with van der Waals surface area (Å²) in [5.41, 5.74) is -3.54. The molecule has 0 spiro atoms. The van der Waals surface area contributed by atoms with Crippen molar-refractivity contribution in [2.24, 2.45) is 0 Å². The highest BCUT2D eigenvalue weighted by Gasteiger charge is 2.55. The smallest absolute Gasteiger partial charge is 0.421 e. The second-order valence-electron chi connectivity index (χ2n) is 3.68. The molecule has 1 aromatic rings. The van der Waals surface area contributed by atoms with Crippen molar-refractivity contribution in [1.82, 2.24) is 0 Å². The van der Waals surface area contributed by atoms with Crippen LogP contribution < -0.4 is 4.74 Å². The topological polar surface area (TPSA) is 29.5 Å². The van der Waals surface area contributed by atoms with Crippen LogP contribution >= 0.6 is 23.2 Å². The SMILES string of the molecule is CCC(O)(c1cc(Cl)cc(Cl)c1OC)C(F)(F)F. The molecule has 1 atom stereocenters. The minimum Gasteiger partial charge on any atom is -0.495 e. The van der Waals surface area contributed by atoms with Crippen molar-refractivity contribution >= 4 is 23.2 Å². The van der Waals surface area contributed by atoms with Gasteiger partial charge < -0.3 is 9.84 Å². The Labute approximate surface area is 112 Å². The summed E-state index contributed by atoms with van der Waals surface area (Å²) in [5.74, 6) is -0.234. The molecule has 0 aliphatic rings. The van der Waals surface area contributed by atoms with Crippen LogP contribution in [0.25, 0.3) is 0 Å². The first-order valence-electron chi connectivity index (χ1n) is 5.00. The van der Waals surface area contributed by atoms with Crippen LogP contribution in [0.3, 0.4) is 0 Å². The number of ether oxygens (including phenoxy) is 1. The number of rotatable bonds is 3. The number of hydrogen-bond acceptors (Lipinski definition) is 2. The van der Waals surface area contributed by atoms with E-state index in [0.717, 1.165) is 6.07 Å². The Balaban J connectivity index is 3.56. The highest BCUT2D eigenvalue weighted by molar-refractivity contribution is 6.35. The maximum Gasteiger partial charge on any atom is 0.421 e. The van der Waals surface area contributed by atoms with Gasteiger partial charge in [-0.25, -0.2) is 0 Å². The first kappa shape index (κ1) is 15.4. The van der Waals surface area contributed by atoms with Gasteiger partial charge >= 0.3 is 6.18 Å². The minimum absolute atomic E-state index is 0.00748. The summed E-state index contributed by atoms with van der Waals surface area (Å²) < 4.78 is 43.8. The largest absolute Gasteiger partial charge is 0.495 e. The molecule has 0 aromatic heterocycles. The third-order valence-electron chi connectivity index (χ3n) is 2.64. The Bertz CT molecular complexity index is 449.